The minimum atomic E-state index is -1.03. The highest BCUT2D eigenvalue weighted by Gasteiger charge is 2.48. The molecule has 3 heterocycles. The molecular weight excluding hydrogens is 694 g/mol. The summed E-state index contributed by atoms with van der Waals surface area (Å²) < 4.78 is 18.6. The molecule has 2 atom stereocenters. The first kappa shape index (κ1) is 33.6. The molecule has 12 heteroatoms. The zero-order chi connectivity index (χ0) is 34.8. The van der Waals surface area contributed by atoms with Gasteiger partial charge in [-0.25, -0.2) is 0 Å². The van der Waals surface area contributed by atoms with Crippen molar-refractivity contribution < 1.29 is 28.9 Å². The fraction of sp³-hybridized carbons (Fsp3) is 0.211. The zero-order valence-corrected chi connectivity index (χ0v) is 29.6. The Hall–Kier alpha value is -4.84. The van der Waals surface area contributed by atoms with Gasteiger partial charge in [-0.05, 0) is 78.6 Å². The molecule has 1 fully saturated rings. The second-order valence-electron chi connectivity index (χ2n) is 11.8. The highest BCUT2D eigenvalue weighted by molar-refractivity contribution is 8.00. The van der Waals surface area contributed by atoms with E-state index in [0.717, 1.165) is 22.4 Å². The molecular formula is C38H32ClN3O6S2. The molecule has 0 radical (unpaired) electrons. The molecule has 0 spiro atoms. The second kappa shape index (κ2) is 14.6. The van der Waals surface area contributed by atoms with Gasteiger partial charge < -0.3 is 19.3 Å². The minimum Gasteiger partial charge on any atom is -0.507 e. The fourth-order valence-electron chi connectivity index (χ4n) is 5.97. The lowest BCUT2D eigenvalue weighted by atomic mass is 9.94. The number of rotatable bonds is 11. The highest BCUT2D eigenvalue weighted by Crippen LogP contribution is 2.46. The van der Waals surface area contributed by atoms with E-state index in [4.69, 9.17) is 25.8 Å². The number of carbonyl (C=O) groups excluding carboxylic acids is 2. The van der Waals surface area contributed by atoms with E-state index < -0.39 is 17.7 Å². The average Bonchev–Trinajstić information content (AvgIpc) is 3.82. The van der Waals surface area contributed by atoms with Crippen molar-refractivity contribution in [3.8, 4) is 17.2 Å². The van der Waals surface area contributed by atoms with Gasteiger partial charge in [0.05, 0.1) is 18.2 Å². The van der Waals surface area contributed by atoms with Gasteiger partial charge in [0.25, 0.3) is 5.78 Å². The van der Waals surface area contributed by atoms with Crippen LogP contribution in [0.4, 0.5) is 5.13 Å². The maximum Gasteiger partial charge on any atom is 0.301 e. The van der Waals surface area contributed by atoms with E-state index in [1.807, 2.05) is 68.4 Å². The number of aliphatic hydroxyl groups excluding tert-OH is 1. The molecule has 1 N–H and O–H groups in total. The number of aromatic nitrogens is 2. The van der Waals surface area contributed by atoms with Gasteiger partial charge in [-0.1, -0.05) is 83.2 Å². The van der Waals surface area contributed by atoms with Gasteiger partial charge in [-0.15, -0.1) is 10.2 Å². The Morgan fingerprint density at radius 3 is 2.56 bits per heavy atom. The van der Waals surface area contributed by atoms with Gasteiger partial charge in [0.15, 0.2) is 15.8 Å². The third-order valence-corrected chi connectivity index (χ3v) is 10.7. The van der Waals surface area contributed by atoms with Crippen molar-refractivity contribution in [3.05, 3.63) is 129 Å². The molecule has 7 rings (SSSR count). The SMILES string of the molecule is CCOc1cc([C@H]2/C(=C(\O)c3ccc4c(c3)C[C@@H](C)O4)C(=O)C(=O)N2c2nnc(SCc3ccc(Cl)cc3)s2)ccc1OCc1ccccc1. The molecule has 50 heavy (non-hydrogen) atoms. The van der Waals surface area contributed by atoms with E-state index in [1.165, 1.54) is 28.0 Å². The number of benzene rings is 4. The Morgan fingerprint density at radius 2 is 1.78 bits per heavy atom. The predicted octanol–water partition coefficient (Wildman–Crippen LogP) is 8.41. The Labute approximate surface area is 302 Å². The molecule has 1 amide bonds. The molecule has 4 aromatic carbocycles. The summed E-state index contributed by atoms with van der Waals surface area (Å²) in [6.07, 6.45) is 0.661. The van der Waals surface area contributed by atoms with Crippen LogP contribution in [0.2, 0.25) is 5.02 Å². The number of fused-ring (bicyclic) bond motifs is 1. The minimum absolute atomic E-state index is 0.00301. The first-order chi connectivity index (χ1) is 24.3. The van der Waals surface area contributed by atoms with E-state index in [-0.39, 0.29) is 22.6 Å². The van der Waals surface area contributed by atoms with Crippen molar-refractivity contribution in [1.29, 1.82) is 0 Å². The fourth-order valence-corrected chi connectivity index (χ4v) is 7.92. The molecule has 254 valence electrons. The van der Waals surface area contributed by atoms with Gasteiger partial charge in [0, 0.05) is 22.8 Å². The number of aliphatic hydroxyl groups is 1. The molecule has 0 saturated carbocycles. The number of anilines is 1. The lowest BCUT2D eigenvalue weighted by Gasteiger charge is -2.24. The van der Waals surface area contributed by atoms with Crippen LogP contribution in [0, 0.1) is 0 Å². The van der Waals surface area contributed by atoms with E-state index in [1.54, 1.807) is 36.4 Å². The number of amides is 1. The Balaban J connectivity index is 1.27. The molecule has 0 unspecified atom stereocenters. The number of hydrogen-bond acceptors (Lipinski definition) is 10. The average molecular weight is 726 g/mol. The van der Waals surface area contributed by atoms with Gasteiger partial charge in [0.2, 0.25) is 5.13 Å². The number of ether oxygens (including phenoxy) is 3. The molecule has 0 aliphatic carbocycles. The Morgan fingerprint density at radius 1 is 0.980 bits per heavy atom. The largest absolute Gasteiger partial charge is 0.507 e. The Kier molecular flexibility index (Phi) is 9.80. The molecule has 5 aromatic rings. The van der Waals surface area contributed by atoms with Crippen LogP contribution < -0.4 is 19.1 Å². The van der Waals surface area contributed by atoms with Crippen LogP contribution in [0.15, 0.2) is 101 Å². The number of ketones is 1. The molecule has 1 aromatic heterocycles. The summed E-state index contributed by atoms with van der Waals surface area (Å²) in [6.45, 7) is 4.51. The molecule has 2 aliphatic heterocycles. The highest BCUT2D eigenvalue weighted by atomic mass is 35.5. The second-order valence-corrected chi connectivity index (χ2v) is 14.4. The predicted molar refractivity (Wildman–Crippen MR) is 194 cm³/mol. The molecule has 2 aliphatic rings. The van der Waals surface area contributed by atoms with Crippen molar-refractivity contribution in [2.75, 3.05) is 11.5 Å². The number of hydrogen-bond donors (Lipinski definition) is 1. The van der Waals surface area contributed by atoms with Gasteiger partial charge >= 0.3 is 5.91 Å². The van der Waals surface area contributed by atoms with E-state index in [0.29, 0.717) is 57.4 Å². The summed E-state index contributed by atoms with van der Waals surface area (Å²) in [5, 5.41) is 21.4. The standard InChI is InChI=1S/C38H32ClN3O6S2/c1-3-46-31-19-25(11-16-30(31)47-20-23-7-5-4-6-8-23)33-32(34(43)26-12-15-29-27(18-26)17-22(2)48-29)35(44)36(45)42(33)37-40-41-38(50-37)49-21-24-9-13-28(39)14-10-24/h4-16,18-19,22,33,43H,3,17,20-21H2,1-2H3/b34-32+/t22-,33+/m1/s1. The maximum atomic E-state index is 13.9. The summed E-state index contributed by atoms with van der Waals surface area (Å²) in [5.41, 5.74) is 3.83. The van der Waals surface area contributed by atoms with Gasteiger partial charge in [-0.2, -0.15) is 0 Å². The van der Waals surface area contributed by atoms with E-state index in [2.05, 4.69) is 10.2 Å². The molecule has 0 bridgehead atoms. The first-order valence-electron chi connectivity index (χ1n) is 16.0. The number of nitrogens with zero attached hydrogens (tertiary/aromatic N) is 3. The van der Waals surface area contributed by atoms with Crippen LogP contribution in [-0.4, -0.2) is 39.7 Å². The van der Waals surface area contributed by atoms with Crippen LogP contribution in [-0.2, 0) is 28.4 Å². The quantitative estimate of drug-likeness (QED) is 0.0472. The van der Waals surface area contributed by atoms with Crippen LogP contribution in [0.5, 0.6) is 17.2 Å². The number of halogens is 1. The topological polar surface area (TPSA) is 111 Å². The maximum absolute atomic E-state index is 13.9. The monoisotopic (exact) mass is 725 g/mol. The number of Topliss-reactive ketones (excluding diaryl/α,β-unsaturated/α-hetero) is 1. The van der Waals surface area contributed by atoms with Crippen molar-refractivity contribution in [3.63, 3.8) is 0 Å². The molecule has 1 saturated heterocycles. The zero-order valence-electron chi connectivity index (χ0n) is 27.2. The van der Waals surface area contributed by atoms with Crippen LogP contribution in [0.1, 0.15) is 47.7 Å². The number of thioether (sulfide) groups is 1. The smallest absolute Gasteiger partial charge is 0.301 e. The van der Waals surface area contributed by atoms with Crippen molar-refractivity contribution in [1.82, 2.24) is 10.2 Å². The van der Waals surface area contributed by atoms with Crippen LogP contribution in [0.3, 0.4) is 0 Å². The van der Waals surface area contributed by atoms with Crippen LogP contribution >= 0.6 is 34.7 Å². The summed E-state index contributed by atoms with van der Waals surface area (Å²) >= 11 is 8.70. The third kappa shape index (κ3) is 6.94. The first-order valence-corrected chi connectivity index (χ1v) is 18.2. The number of carbonyl (C=O) groups is 2. The molecule has 9 nitrogen and oxygen atoms in total. The normalized spacial score (nSPS) is 17.9. The summed E-state index contributed by atoms with van der Waals surface area (Å²) in [5.74, 6) is 0.343. The van der Waals surface area contributed by atoms with Gasteiger partial charge in [0.1, 0.15) is 24.2 Å². The van der Waals surface area contributed by atoms with E-state index >= 15 is 0 Å². The summed E-state index contributed by atoms with van der Waals surface area (Å²) in [4.78, 5) is 29.1. The van der Waals surface area contributed by atoms with Crippen molar-refractivity contribution >= 4 is 57.3 Å². The lowest BCUT2D eigenvalue weighted by molar-refractivity contribution is -0.132. The van der Waals surface area contributed by atoms with Crippen LogP contribution in [0.25, 0.3) is 5.76 Å². The van der Waals surface area contributed by atoms with E-state index in [9.17, 15) is 14.7 Å². The summed E-state index contributed by atoms with van der Waals surface area (Å²) in [6, 6.07) is 26.8. The van der Waals surface area contributed by atoms with Gasteiger partial charge in [-0.3, -0.25) is 14.5 Å². The van der Waals surface area contributed by atoms with Crippen molar-refractivity contribution in [2.45, 2.75) is 49.1 Å². The third-order valence-electron chi connectivity index (χ3n) is 8.31. The summed E-state index contributed by atoms with van der Waals surface area (Å²) in [7, 11) is 0. The lowest BCUT2D eigenvalue weighted by Crippen LogP contribution is -2.29. The van der Waals surface area contributed by atoms with Crippen molar-refractivity contribution in [2.24, 2.45) is 0 Å². The Bertz CT molecular complexity index is 2090.